The molecule has 1 fully saturated rings. The van der Waals surface area contributed by atoms with Gasteiger partial charge in [-0.25, -0.2) is 4.39 Å². The Balaban J connectivity index is 1.66. The minimum Gasteiger partial charge on any atom is -0.346 e. The van der Waals surface area contributed by atoms with Gasteiger partial charge in [0.1, 0.15) is 5.82 Å². The number of carbonyl (C=O) groups is 2. The highest BCUT2D eigenvalue weighted by atomic mass is 19.1. The van der Waals surface area contributed by atoms with E-state index in [1.165, 1.54) is 12.1 Å². The van der Waals surface area contributed by atoms with Crippen LogP contribution in [0.4, 0.5) is 10.1 Å². The Morgan fingerprint density at radius 3 is 2.33 bits per heavy atom. The first-order valence-corrected chi connectivity index (χ1v) is 10.2. The molecule has 1 atom stereocenters. The monoisotopic (exact) mass is 412 g/mol. The van der Waals surface area contributed by atoms with Gasteiger partial charge in [-0.2, -0.15) is 0 Å². The van der Waals surface area contributed by atoms with Gasteiger partial charge in [0.15, 0.2) is 0 Å². The summed E-state index contributed by atoms with van der Waals surface area (Å²) in [6.07, 6.45) is 0. The maximum atomic E-state index is 13.4. The molecule has 0 saturated carbocycles. The Labute approximate surface area is 177 Å². The predicted molar refractivity (Wildman–Crippen MR) is 116 cm³/mol. The number of piperazine rings is 1. The Hall–Kier alpha value is -2.77. The van der Waals surface area contributed by atoms with Crippen molar-refractivity contribution < 1.29 is 14.0 Å². The van der Waals surface area contributed by atoms with Gasteiger partial charge >= 0.3 is 11.8 Å². The van der Waals surface area contributed by atoms with Gasteiger partial charge in [0.25, 0.3) is 0 Å². The van der Waals surface area contributed by atoms with Gasteiger partial charge in [-0.05, 0) is 55.8 Å². The van der Waals surface area contributed by atoms with Crippen LogP contribution in [0, 0.1) is 19.7 Å². The lowest BCUT2D eigenvalue weighted by Crippen LogP contribution is -2.49. The highest BCUT2D eigenvalue weighted by molar-refractivity contribution is 6.39. The molecule has 1 aliphatic rings. The number of nitrogens with zero attached hydrogens (tertiary/aromatic N) is 2. The molecule has 2 N–H and O–H groups in total. The number of benzene rings is 2. The fraction of sp³-hybridized carbons (Fsp3) is 0.391. The molecule has 1 saturated heterocycles. The number of halogens is 1. The van der Waals surface area contributed by atoms with Crippen molar-refractivity contribution in [2.75, 3.05) is 45.1 Å². The quantitative estimate of drug-likeness (QED) is 0.741. The van der Waals surface area contributed by atoms with E-state index in [-0.39, 0.29) is 18.4 Å². The zero-order valence-electron chi connectivity index (χ0n) is 17.7. The lowest BCUT2D eigenvalue weighted by Gasteiger charge is -2.38. The van der Waals surface area contributed by atoms with E-state index in [9.17, 15) is 14.0 Å². The number of nitrogens with one attached hydrogen (secondary N) is 2. The van der Waals surface area contributed by atoms with Crippen LogP contribution in [0.3, 0.4) is 0 Å². The first kappa shape index (κ1) is 21.9. The first-order valence-electron chi connectivity index (χ1n) is 10.2. The molecule has 0 aliphatic carbocycles. The Bertz CT molecular complexity index is 893. The SMILES string of the molecule is Cc1ccc(C)c(NC(=O)C(=O)NCC(c2ccc(F)cc2)N2CCN(C)CC2)c1. The maximum Gasteiger partial charge on any atom is 0.313 e. The summed E-state index contributed by atoms with van der Waals surface area (Å²) in [4.78, 5) is 29.4. The number of hydrogen-bond acceptors (Lipinski definition) is 4. The van der Waals surface area contributed by atoms with E-state index in [1.54, 1.807) is 12.1 Å². The van der Waals surface area contributed by atoms with Gasteiger partial charge in [-0.3, -0.25) is 14.5 Å². The molecular weight excluding hydrogens is 383 g/mol. The predicted octanol–water partition coefficient (Wildman–Crippen LogP) is 2.49. The highest BCUT2D eigenvalue weighted by Crippen LogP contribution is 2.22. The summed E-state index contributed by atoms with van der Waals surface area (Å²) in [5, 5.41) is 5.44. The molecule has 1 heterocycles. The van der Waals surface area contributed by atoms with Crippen LogP contribution < -0.4 is 10.6 Å². The van der Waals surface area contributed by atoms with Gasteiger partial charge in [-0.15, -0.1) is 0 Å². The molecule has 6 nitrogen and oxygen atoms in total. The van der Waals surface area contributed by atoms with Crippen LogP contribution in [-0.2, 0) is 9.59 Å². The lowest BCUT2D eigenvalue weighted by atomic mass is 10.0. The normalized spacial score (nSPS) is 16.1. The van der Waals surface area contributed by atoms with Crippen molar-refractivity contribution in [3.05, 3.63) is 65.0 Å². The summed E-state index contributed by atoms with van der Waals surface area (Å²) in [5.74, 6) is -1.68. The van der Waals surface area contributed by atoms with E-state index in [1.807, 2.05) is 32.0 Å². The summed E-state index contributed by atoms with van der Waals surface area (Å²) in [7, 11) is 2.07. The Kier molecular flexibility index (Phi) is 7.18. The van der Waals surface area contributed by atoms with Crippen LogP contribution in [0.2, 0.25) is 0 Å². The third kappa shape index (κ3) is 5.64. The fourth-order valence-corrected chi connectivity index (χ4v) is 3.60. The molecule has 0 aromatic heterocycles. The number of hydrogen-bond donors (Lipinski definition) is 2. The van der Waals surface area contributed by atoms with E-state index in [0.717, 1.165) is 42.9 Å². The van der Waals surface area contributed by atoms with Crippen molar-refractivity contribution in [2.24, 2.45) is 0 Å². The van der Waals surface area contributed by atoms with Crippen molar-refractivity contribution in [3.63, 3.8) is 0 Å². The summed E-state index contributed by atoms with van der Waals surface area (Å²) in [6, 6.07) is 11.9. The second-order valence-electron chi connectivity index (χ2n) is 7.89. The van der Waals surface area contributed by atoms with Crippen LogP contribution in [-0.4, -0.2) is 61.4 Å². The maximum absolute atomic E-state index is 13.4. The Morgan fingerprint density at radius 1 is 1.00 bits per heavy atom. The molecule has 1 unspecified atom stereocenters. The summed E-state index contributed by atoms with van der Waals surface area (Å²) in [6.45, 7) is 7.58. The topological polar surface area (TPSA) is 64.7 Å². The smallest absolute Gasteiger partial charge is 0.313 e. The third-order valence-corrected chi connectivity index (χ3v) is 5.54. The second-order valence-corrected chi connectivity index (χ2v) is 7.89. The number of rotatable bonds is 5. The number of carbonyl (C=O) groups excluding carboxylic acids is 2. The van der Waals surface area contributed by atoms with Crippen molar-refractivity contribution in [1.82, 2.24) is 15.1 Å². The molecule has 0 bridgehead atoms. The van der Waals surface area contributed by atoms with Crippen molar-refractivity contribution in [3.8, 4) is 0 Å². The molecule has 30 heavy (non-hydrogen) atoms. The molecule has 3 rings (SSSR count). The third-order valence-electron chi connectivity index (χ3n) is 5.54. The zero-order valence-corrected chi connectivity index (χ0v) is 17.7. The van der Waals surface area contributed by atoms with Crippen molar-refractivity contribution in [1.29, 1.82) is 0 Å². The van der Waals surface area contributed by atoms with Crippen molar-refractivity contribution in [2.45, 2.75) is 19.9 Å². The molecule has 2 aromatic carbocycles. The average molecular weight is 413 g/mol. The van der Waals surface area contributed by atoms with Gasteiger partial charge in [0.2, 0.25) is 0 Å². The van der Waals surface area contributed by atoms with E-state index >= 15 is 0 Å². The van der Waals surface area contributed by atoms with Crippen LogP contribution in [0.25, 0.3) is 0 Å². The minimum atomic E-state index is -0.695. The van der Waals surface area contributed by atoms with E-state index in [0.29, 0.717) is 5.69 Å². The molecular formula is C23H29FN4O2. The molecule has 160 valence electrons. The highest BCUT2D eigenvalue weighted by Gasteiger charge is 2.25. The number of likely N-dealkylation sites (N-methyl/N-ethyl adjacent to an activating group) is 1. The minimum absolute atomic E-state index is 0.128. The molecule has 7 heteroatoms. The molecule has 1 aliphatic heterocycles. The standard InChI is InChI=1S/C23H29FN4O2/c1-16-4-5-17(2)20(14-16)26-23(30)22(29)25-15-21(18-6-8-19(24)9-7-18)28-12-10-27(3)11-13-28/h4-9,14,21H,10-13,15H2,1-3H3,(H,25,29)(H,26,30). The molecule has 2 aromatic rings. The summed E-state index contributed by atoms with van der Waals surface area (Å²) >= 11 is 0. The van der Waals surface area contributed by atoms with Gasteiger partial charge in [-0.1, -0.05) is 24.3 Å². The number of amides is 2. The largest absolute Gasteiger partial charge is 0.346 e. The molecule has 0 spiro atoms. The summed E-state index contributed by atoms with van der Waals surface area (Å²) in [5.41, 5.74) is 3.44. The van der Waals surface area contributed by atoms with E-state index < -0.39 is 11.8 Å². The second kappa shape index (κ2) is 9.82. The van der Waals surface area contributed by atoms with Gasteiger partial charge in [0.05, 0.1) is 6.04 Å². The van der Waals surface area contributed by atoms with Crippen LogP contribution >= 0.6 is 0 Å². The van der Waals surface area contributed by atoms with Gasteiger partial charge < -0.3 is 15.5 Å². The van der Waals surface area contributed by atoms with Crippen LogP contribution in [0.1, 0.15) is 22.7 Å². The van der Waals surface area contributed by atoms with Crippen LogP contribution in [0.15, 0.2) is 42.5 Å². The molecule has 0 radical (unpaired) electrons. The number of aryl methyl sites for hydroxylation is 2. The first-order chi connectivity index (χ1) is 14.3. The zero-order chi connectivity index (χ0) is 21.7. The summed E-state index contributed by atoms with van der Waals surface area (Å²) < 4.78 is 13.4. The van der Waals surface area contributed by atoms with Crippen LogP contribution in [0.5, 0.6) is 0 Å². The van der Waals surface area contributed by atoms with E-state index in [4.69, 9.17) is 0 Å². The molecule has 2 amide bonds. The fourth-order valence-electron chi connectivity index (χ4n) is 3.60. The number of anilines is 1. The average Bonchev–Trinajstić information content (AvgIpc) is 2.73. The van der Waals surface area contributed by atoms with E-state index in [2.05, 4.69) is 27.5 Å². The van der Waals surface area contributed by atoms with Crippen molar-refractivity contribution >= 4 is 17.5 Å². The lowest BCUT2D eigenvalue weighted by molar-refractivity contribution is -0.136. The van der Waals surface area contributed by atoms with Gasteiger partial charge in [0, 0.05) is 38.4 Å². The Morgan fingerprint density at radius 2 is 1.67 bits per heavy atom.